The number of rotatable bonds is 1. The molecule has 0 saturated heterocycles. The van der Waals surface area contributed by atoms with Crippen LogP contribution in [0.3, 0.4) is 0 Å². The molecule has 2 aromatic heterocycles. The monoisotopic (exact) mass is 373 g/mol. The highest BCUT2D eigenvalue weighted by Crippen LogP contribution is 2.37. The van der Waals surface area contributed by atoms with Gasteiger partial charge in [0, 0.05) is 0 Å². The lowest BCUT2D eigenvalue weighted by Gasteiger charge is -2.18. The second-order valence-electron chi connectivity index (χ2n) is 6.81. The molecule has 1 aromatic carbocycles. The van der Waals surface area contributed by atoms with E-state index in [0.29, 0.717) is 23.1 Å². The molecule has 9 heteroatoms. The van der Waals surface area contributed by atoms with E-state index in [9.17, 15) is 4.79 Å². The van der Waals surface area contributed by atoms with Crippen LogP contribution in [0.4, 0.5) is 4.79 Å². The van der Waals surface area contributed by atoms with Crippen LogP contribution in [0, 0.1) is 0 Å². The standard InChI is InChI=1S/C17H16ClN5O3/c1-17(2,3)26-16(24)25-15-12-7-23-14(19-8-21-23)13-10(18)5-4-6-11(13)22(12)9-20-15/h4-6,8-9H,7H2,1-3H3. The molecule has 0 N–H and O–H groups in total. The molecule has 0 aliphatic carbocycles. The summed E-state index contributed by atoms with van der Waals surface area (Å²) in [4.78, 5) is 20.6. The fourth-order valence-electron chi connectivity index (χ4n) is 2.79. The number of halogens is 1. The Bertz CT molecular complexity index is 1000. The van der Waals surface area contributed by atoms with Gasteiger partial charge in [-0.2, -0.15) is 5.10 Å². The molecule has 0 spiro atoms. The van der Waals surface area contributed by atoms with Crippen molar-refractivity contribution in [2.75, 3.05) is 0 Å². The number of fused-ring (bicyclic) bond motifs is 5. The van der Waals surface area contributed by atoms with Gasteiger partial charge < -0.3 is 9.47 Å². The average Bonchev–Trinajstić information content (AvgIpc) is 3.11. The third kappa shape index (κ3) is 2.82. The van der Waals surface area contributed by atoms with E-state index in [1.54, 1.807) is 37.8 Å². The number of carbonyl (C=O) groups excluding carboxylic acids is 1. The van der Waals surface area contributed by atoms with Gasteiger partial charge in [-0.05, 0) is 32.9 Å². The molecule has 0 atom stereocenters. The number of carbonyl (C=O) groups is 1. The van der Waals surface area contributed by atoms with Gasteiger partial charge in [0.05, 0.1) is 22.8 Å². The van der Waals surface area contributed by atoms with Crippen molar-refractivity contribution in [3.8, 4) is 23.0 Å². The first-order chi connectivity index (χ1) is 12.3. The van der Waals surface area contributed by atoms with Crippen molar-refractivity contribution in [3.05, 3.63) is 41.6 Å². The molecule has 3 heterocycles. The van der Waals surface area contributed by atoms with Gasteiger partial charge in [-0.3, -0.25) is 4.57 Å². The van der Waals surface area contributed by atoms with Crippen LogP contribution in [0.1, 0.15) is 26.5 Å². The summed E-state index contributed by atoms with van der Waals surface area (Å²) in [6, 6.07) is 5.53. The Kier molecular flexibility index (Phi) is 3.73. The van der Waals surface area contributed by atoms with Crippen molar-refractivity contribution in [3.63, 3.8) is 0 Å². The Morgan fingerprint density at radius 2 is 2.08 bits per heavy atom. The lowest BCUT2D eigenvalue weighted by atomic mass is 10.1. The lowest BCUT2D eigenvalue weighted by molar-refractivity contribution is 0.0195. The summed E-state index contributed by atoms with van der Waals surface area (Å²) in [5, 5.41) is 4.80. The molecule has 0 radical (unpaired) electrons. The minimum absolute atomic E-state index is 0.161. The summed E-state index contributed by atoms with van der Waals surface area (Å²) in [5.41, 5.74) is 1.51. The third-order valence-corrected chi connectivity index (χ3v) is 4.10. The first-order valence-electron chi connectivity index (χ1n) is 7.97. The lowest BCUT2D eigenvalue weighted by Crippen LogP contribution is -2.26. The van der Waals surface area contributed by atoms with Crippen LogP contribution < -0.4 is 4.74 Å². The van der Waals surface area contributed by atoms with E-state index in [1.165, 1.54) is 6.33 Å². The number of hydrogen-bond acceptors (Lipinski definition) is 6. The van der Waals surface area contributed by atoms with Gasteiger partial charge in [-0.15, -0.1) is 0 Å². The first-order valence-corrected chi connectivity index (χ1v) is 8.35. The first kappa shape index (κ1) is 16.6. The van der Waals surface area contributed by atoms with Gasteiger partial charge in [-0.25, -0.2) is 19.4 Å². The minimum Gasteiger partial charge on any atom is -0.428 e. The van der Waals surface area contributed by atoms with E-state index in [1.807, 2.05) is 16.7 Å². The maximum Gasteiger partial charge on any atom is 0.515 e. The summed E-state index contributed by atoms with van der Waals surface area (Å²) in [7, 11) is 0. The summed E-state index contributed by atoms with van der Waals surface area (Å²) in [6.07, 6.45) is 2.23. The van der Waals surface area contributed by atoms with Crippen molar-refractivity contribution < 1.29 is 14.3 Å². The van der Waals surface area contributed by atoms with E-state index in [2.05, 4.69) is 15.1 Å². The van der Waals surface area contributed by atoms with Gasteiger partial charge in [0.25, 0.3) is 0 Å². The van der Waals surface area contributed by atoms with Crippen LogP contribution >= 0.6 is 11.6 Å². The highest BCUT2D eigenvalue weighted by atomic mass is 35.5. The Labute approximate surface area is 154 Å². The molecule has 1 aliphatic rings. The van der Waals surface area contributed by atoms with Crippen LogP contribution in [-0.4, -0.2) is 36.1 Å². The molecule has 0 bridgehead atoms. The number of imidazole rings is 1. The number of ether oxygens (including phenoxy) is 2. The van der Waals surface area contributed by atoms with Crippen molar-refractivity contribution in [1.29, 1.82) is 0 Å². The predicted octanol–water partition coefficient (Wildman–Crippen LogP) is 3.46. The van der Waals surface area contributed by atoms with Gasteiger partial charge in [0.2, 0.25) is 5.88 Å². The second kappa shape index (κ2) is 5.84. The largest absolute Gasteiger partial charge is 0.515 e. The smallest absolute Gasteiger partial charge is 0.428 e. The van der Waals surface area contributed by atoms with Gasteiger partial charge in [0.1, 0.15) is 23.9 Å². The van der Waals surface area contributed by atoms with Crippen LogP contribution in [0.5, 0.6) is 5.88 Å². The quantitative estimate of drug-likeness (QED) is 0.475. The maximum absolute atomic E-state index is 12.0. The Hall–Kier alpha value is -2.87. The fraction of sp³-hybridized carbons (Fsp3) is 0.294. The van der Waals surface area contributed by atoms with E-state index in [4.69, 9.17) is 21.1 Å². The number of aromatic nitrogens is 5. The van der Waals surface area contributed by atoms with Crippen molar-refractivity contribution in [1.82, 2.24) is 24.3 Å². The van der Waals surface area contributed by atoms with Gasteiger partial charge in [-0.1, -0.05) is 17.7 Å². The van der Waals surface area contributed by atoms with Crippen molar-refractivity contribution in [2.24, 2.45) is 0 Å². The normalized spacial score (nSPS) is 12.6. The van der Waals surface area contributed by atoms with E-state index >= 15 is 0 Å². The zero-order chi connectivity index (χ0) is 18.5. The summed E-state index contributed by atoms with van der Waals surface area (Å²) < 4.78 is 14.0. The highest BCUT2D eigenvalue weighted by molar-refractivity contribution is 6.33. The predicted molar refractivity (Wildman–Crippen MR) is 93.6 cm³/mol. The van der Waals surface area contributed by atoms with Crippen LogP contribution in [0.15, 0.2) is 30.9 Å². The molecule has 0 amide bonds. The number of nitrogens with zero attached hydrogens (tertiary/aromatic N) is 5. The SMILES string of the molecule is CC(C)(C)OC(=O)Oc1ncn2c1Cn1ncnc1-c1c(Cl)cccc1-2. The van der Waals surface area contributed by atoms with Crippen molar-refractivity contribution in [2.45, 2.75) is 32.9 Å². The van der Waals surface area contributed by atoms with Crippen LogP contribution in [0.25, 0.3) is 17.1 Å². The molecule has 4 rings (SSSR count). The topological polar surface area (TPSA) is 84.1 Å². The van der Waals surface area contributed by atoms with Crippen LogP contribution in [0.2, 0.25) is 5.02 Å². The highest BCUT2D eigenvalue weighted by Gasteiger charge is 2.28. The van der Waals surface area contributed by atoms with Gasteiger partial charge in [0.15, 0.2) is 5.82 Å². The second-order valence-corrected chi connectivity index (χ2v) is 7.22. The van der Waals surface area contributed by atoms with E-state index < -0.39 is 11.8 Å². The molecular formula is C17H16ClN5O3. The molecule has 0 unspecified atom stereocenters. The summed E-state index contributed by atoms with van der Waals surface area (Å²) >= 11 is 6.41. The van der Waals surface area contributed by atoms with E-state index in [0.717, 1.165) is 11.3 Å². The maximum atomic E-state index is 12.0. The molecule has 134 valence electrons. The fourth-order valence-corrected chi connectivity index (χ4v) is 3.05. The summed E-state index contributed by atoms with van der Waals surface area (Å²) in [6.45, 7) is 5.62. The average molecular weight is 374 g/mol. The summed E-state index contributed by atoms with van der Waals surface area (Å²) in [5.74, 6) is 0.797. The minimum atomic E-state index is -0.812. The molecule has 3 aromatic rings. The zero-order valence-electron chi connectivity index (χ0n) is 14.4. The Morgan fingerprint density at radius 3 is 2.85 bits per heavy atom. The van der Waals surface area contributed by atoms with Gasteiger partial charge >= 0.3 is 6.16 Å². The van der Waals surface area contributed by atoms with Crippen LogP contribution in [-0.2, 0) is 11.3 Å². The Morgan fingerprint density at radius 1 is 1.27 bits per heavy atom. The molecule has 0 fully saturated rings. The molecule has 26 heavy (non-hydrogen) atoms. The number of hydrogen-bond donors (Lipinski definition) is 0. The molecule has 8 nitrogen and oxygen atoms in total. The molecule has 1 aliphatic heterocycles. The number of benzene rings is 1. The third-order valence-electron chi connectivity index (χ3n) is 3.79. The zero-order valence-corrected chi connectivity index (χ0v) is 15.2. The Balaban J connectivity index is 1.80. The molecular weight excluding hydrogens is 358 g/mol. The van der Waals surface area contributed by atoms with Crippen molar-refractivity contribution >= 4 is 17.8 Å². The van der Waals surface area contributed by atoms with E-state index in [-0.39, 0.29) is 5.88 Å². The molecule has 0 saturated carbocycles.